The maximum Gasteiger partial charge on any atom is 0.243 e. The van der Waals surface area contributed by atoms with Crippen LogP contribution in [0.4, 0.5) is 0 Å². The number of quaternary nitrogens is 1. The summed E-state index contributed by atoms with van der Waals surface area (Å²) in [5.41, 5.74) is 0.467. The molecule has 0 radical (unpaired) electrons. The molecule has 2 fully saturated rings. The highest BCUT2D eigenvalue weighted by Gasteiger charge is 2.32. The van der Waals surface area contributed by atoms with Crippen molar-refractivity contribution in [2.45, 2.75) is 23.8 Å². The van der Waals surface area contributed by atoms with Crippen molar-refractivity contribution in [1.82, 2.24) is 4.31 Å². The molecule has 2 aliphatic rings. The lowest BCUT2D eigenvalue weighted by Crippen LogP contribution is -3.15. The van der Waals surface area contributed by atoms with Crippen molar-refractivity contribution in [3.63, 3.8) is 0 Å². The SMILES string of the molecule is N#Cc1ccc(S(=O)(=O)N2CC[NH+](C[C@H]3CCCO3)CC2)cc1. The van der Waals surface area contributed by atoms with Gasteiger partial charge in [0.1, 0.15) is 12.6 Å². The molecular weight excluding hydrogens is 314 g/mol. The molecule has 0 aromatic heterocycles. The first-order valence-electron chi connectivity index (χ1n) is 8.05. The molecule has 0 saturated carbocycles. The van der Waals surface area contributed by atoms with E-state index in [0.29, 0.717) is 24.8 Å². The second kappa shape index (κ2) is 6.97. The van der Waals surface area contributed by atoms with Gasteiger partial charge >= 0.3 is 0 Å². The number of nitriles is 1. The van der Waals surface area contributed by atoms with E-state index >= 15 is 0 Å². The molecule has 0 bridgehead atoms. The van der Waals surface area contributed by atoms with Gasteiger partial charge in [0.25, 0.3) is 0 Å². The zero-order valence-electron chi connectivity index (χ0n) is 13.1. The number of piperazine rings is 1. The molecule has 2 aliphatic heterocycles. The average molecular weight is 336 g/mol. The molecule has 0 unspecified atom stereocenters. The van der Waals surface area contributed by atoms with Crippen LogP contribution in [0.1, 0.15) is 18.4 Å². The lowest BCUT2D eigenvalue weighted by atomic mass is 10.2. The van der Waals surface area contributed by atoms with Crippen LogP contribution in [0.25, 0.3) is 0 Å². The summed E-state index contributed by atoms with van der Waals surface area (Å²) >= 11 is 0. The second-order valence-electron chi connectivity index (χ2n) is 6.13. The van der Waals surface area contributed by atoms with Gasteiger partial charge in [0.2, 0.25) is 10.0 Å². The molecule has 2 saturated heterocycles. The van der Waals surface area contributed by atoms with Crippen molar-refractivity contribution in [2.75, 3.05) is 39.3 Å². The average Bonchev–Trinajstić information content (AvgIpc) is 3.08. The molecule has 1 aromatic carbocycles. The topological polar surface area (TPSA) is 74.8 Å². The number of nitrogens with one attached hydrogen (secondary N) is 1. The molecular formula is C16H22N3O3S+. The molecule has 124 valence electrons. The van der Waals surface area contributed by atoms with Crippen molar-refractivity contribution in [2.24, 2.45) is 0 Å². The third-order valence-corrected chi connectivity index (χ3v) is 6.50. The second-order valence-corrected chi connectivity index (χ2v) is 8.07. The number of benzene rings is 1. The van der Waals surface area contributed by atoms with Crippen LogP contribution >= 0.6 is 0 Å². The Kier molecular flexibility index (Phi) is 4.97. The number of hydrogen-bond donors (Lipinski definition) is 1. The Bertz CT molecular complexity index is 668. The van der Waals surface area contributed by atoms with Crippen molar-refractivity contribution in [3.05, 3.63) is 29.8 Å². The van der Waals surface area contributed by atoms with Gasteiger partial charge in [-0.25, -0.2) is 8.42 Å². The fourth-order valence-electron chi connectivity index (χ4n) is 3.22. The Morgan fingerprint density at radius 1 is 1.26 bits per heavy atom. The van der Waals surface area contributed by atoms with Crippen LogP contribution in [-0.4, -0.2) is 58.2 Å². The normalized spacial score (nSPS) is 23.7. The van der Waals surface area contributed by atoms with E-state index in [1.807, 2.05) is 6.07 Å². The molecule has 7 heteroatoms. The van der Waals surface area contributed by atoms with Gasteiger partial charge in [0.15, 0.2) is 0 Å². The largest absolute Gasteiger partial charge is 0.372 e. The summed E-state index contributed by atoms with van der Waals surface area (Å²) in [7, 11) is -3.46. The van der Waals surface area contributed by atoms with Crippen molar-refractivity contribution in [3.8, 4) is 6.07 Å². The fourth-order valence-corrected chi connectivity index (χ4v) is 4.67. The van der Waals surface area contributed by atoms with Gasteiger partial charge in [-0.05, 0) is 37.1 Å². The van der Waals surface area contributed by atoms with Gasteiger partial charge in [0, 0.05) is 6.61 Å². The number of rotatable bonds is 4. The zero-order chi connectivity index (χ0) is 16.3. The fraction of sp³-hybridized carbons (Fsp3) is 0.562. The van der Waals surface area contributed by atoms with E-state index in [0.717, 1.165) is 39.1 Å². The van der Waals surface area contributed by atoms with Crippen molar-refractivity contribution >= 4 is 10.0 Å². The van der Waals surface area contributed by atoms with Gasteiger partial charge in [-0.1, -0.05) is 0 Å². The lowest BCUT2D eigenvalue weighted by molar-refractivity contribution is -0.906. The van der Waals surface area contributed by atoms with E-state index in [1.165, 1.54) is 17.0 Å². The number of sulfonamides is 1. The van der Waals surface area contributed by atoms with Crippen LogP contribution in [0.2, 0.25) is 0 Å². The predicted octanol–water partition coefficient (Wildman–Crippen LogP) is -0.374. The first-order chi connectivity index (χ1) is 11.1. The third-order valence-electron chi connectivity index (χ3n) is 4.59. The first kappa shape index (κ1) is 16.4. The Hall–Kier alpha value is -1.46. The minimum absolute atomic E-state index is 0.263. The van der Waals surface area contributed by atoms with E-state index in [9.17, 15) is 8.42 Å². The quantitative estimate of drug-likeness (QED) is 0.814. The van der Waals surface area contributed by atoms with E-state index in [2.05, 4.69) is 0 Å². The third kappa shape index (κ3) is 3.72. The zero-order valence-corrected chi connectivity index (χ0v) is 13.9. The molecule has 3 rings (SSSR count). The Balaban J connectivity index is 1.60. The van der Waals surface area contributed by atoms with Crippen LogP contribution in [0.5, 0.6) is 0 Å². The van der Waals surface area contributed by atoms with Gasteiger partial charge in [-0.2, -0.15) is 9.57 Å². The standard InChI is InChI=1S/C16H21N3O3S/c17-12-14-3-5-16(6-4-14)23(20,21)19-9-7-18(8-10-19)13-15-2-1-11-22-15/h3-6,15H,1-2,7-11,13H2/p+1/t15-/m1/s1. The Morgan fingerprint density at radius 3 is 2.52 bits per heavy atom. The summed E-state index contributed by atoms with van der Waals surface area (Å²) in [6.45, 7) is 4.53. The molecule has 2 heterocycles. The molecule has 6 nitrogen and oxygen atoms in total. The highest BCUT2D eigenvalue weighted by atomic mass is 32.2. The van der Waals surface area contributed by atoms with Gasteiger partial charge in [-0.3, -0.25) is 0 Å². The Labute approximate surface area is 137 Å². The number of nitrogens with zero attached hydrogens (tertiary/aromatic N) is 2. The van der Waals surface area contributed by atoms with Gasteiger partial charge < -0.3 is 9.64 Å². The van der Waals surface area contributed by atoms with Crippen LogP contribution in [0.15, 0.2) is 29.2 Å². The maximum atomic E-state index is 12.6. The number of hydrogen-bond acceptors (Lipinski definition) is 4. The van der Waals surface area contributed by atoms with Crippen LogP contribution in [-0.2, 0) is 14.8 Å². The van der Waals surface area contributed by atoms with Crippen LogP contribution in [0, 0.1) is 11.3 Å². The number of ether oxygens (including phenoxy) is 1. The highest BCUT2D eigenvalue weighted by molar-refractivity contribution is 7.89. The smallest absolute Gasteiger partial charge is 0.243 e. The molecule has 1 atom stereocenters. The first-order valence-corrected chi connectivity index (χ1v) is 9.49. The van der Waals surface area contributed by atoms with Crippen molar-refractivity contribution < 1.29 is 18.1 Å². The van der Waals surface area contributed by atoms with E-state index in [-0.39, 0.29) is 4.90 Å². The Morgan fingerprint density at radius 2 is 1.96 bits per heavy atom. The molecule has 0 spiro atoms. The molecule has 1 aromatic rings. The van der Waals surface area contributed by atoms with Gasteiger partial charge in [0.05, 0.1) is 42.7 Å². The maximum absolute atomic E-state index is 12.6. The van der Waals surface area contributed by atoms with Gasteiger partial charge in [-0.15, -0.1) is 0 Å². The molecule has 0 amide bonds. The summed E-state index contributed by atoms with van der Waals surface area (Å²) in [4.78, 5) is 1.68. The van der Waals surface area contributed by atoms with E-state index in [4.69, 9.17) is 10.00 Å². The predicted molar refractivity (Wildman–Crippen MR) is 84.5 cm³/mol. The summed E-state index contributed by atoms with van der Waals surface area (Å²) < 4.78 is 32.5. The summed E-state index contributed by atoms with van der Waals surface area (Å²) in [5.74, 6) is 0. The van der Waals surface area contributed by atoms with Crippen LogP contribution in [0.3, 0.4) is 0 Å². The lowest BCUT2D eigenvalue weighted by Gasteiger charge is -2.32. The summed E-state index contributed by atoms with van der Waals surface area (Å²) in [6, 6.07) is 8.12. The van der Waals surface area contributed by atoms with E-state index < -0.39 is 10.0 Å². The van der Waals surface area contributed by atoms with Crippen molar-refractivity contribution in [1.29, 1.82) is 5.26 Å². The monoisotopic (exact) mass is 336 g/mol. The highest BCUT2D eigenvalue weighted by Crippen LogP contribution is 2.16. The minimum atomic E-state index is -3.46. The molecule has 0 aliphatic carbocycles. The van der Waals surface area contributed by atoms with E-state index in [1.54, 1.807) is 16.4 Å². The summed E-state index contributed by atoms with van der Waals surface area (Å²) in [6.07, 6.45) is 2.60. The summed E-state index contributed by atoms with van der Waals surface area (Å²) in [5, 5.41) is 8.80. The molecule has 23 heavy (non-hydrogen) atoms. The van der Waals surface area contributed by atoms with Crippen LogP contribution < -0.4 is 4.90 Å². The molecule has 1 N–H and O–H groups in total. The minimum Gasteiger partial charge on any atom is -0.372 e.